The Morgan fingerprint density at radius 2 is 2.29 bits per heavy atom. The van der Waals surface area contributed by atoms with Gasteiger partial charge in [0.05, 0.1) is 6.04 Å². The predicted octanol–water partition coefficient (Wildman–Crippen LogP) is -0.934. The summed E-state index contributed by atoms with van der Waals surface area (Å²) >= 11 is 0. The van der Waals surface area contributed by atoms with Gasteiger partial charge in [-0.05, 0) is 19.8 Å². The maximum Gasteiger partial charge on any atom is 0.320 e. The van der Waals surface area contributed by atoms with Crippen LogP contribution in [-0.4, -0.2) is 40.3 Å². The van der Waals surface area contributed by atoms with Gasteiger partial charge in [-0.15, -0.1) is 0 Å². The highest BCUT2D eigenvalue weighted by Gasteiger charge is 2.37. The number of hydrogen-bond acceptors (Lipinski definition) is 4. The standard InChI is InChI=1S/C8H17N4O4P/c1-5(8(14)15)11-17(10,16)12-4-2-3-6(9)7(12)13/h5-6H,2-4,9H2,1H3,(H,14,15)(H3,10,11,16)/t5?,6-,17?/m0/s1. The van der Waals surface area contributed by atoms with Gasteiger partial charge >= 0.3 is 13.6 Å². The summed E-state index contributed by atoms with van der Waals surface area (Å²) in [5, 5.41) is 11.0. The molecule has 1 aliphatic heterocycles. The van der Waals surface area contributed by atoms with Crippen molar-refractivity contribution in [2.45, 2.75) is 31.8 Å². The van der Waals surface area contributed by atoms with E-state index in [4.69, 9.17) is 16.3 Å². The Kier molecular flexibility index (Phi) is 4.26. The Morgan fingerprint density at radius 1 is 1.71 bits per heavy atom. The minimum atomic E-state index is -3.70. The summed E-state index contributed by atoms with van der Waals surface area (Å²) < 4.78 is 13.1. The second-order valence-electron chi connectivity index (χ2n) is 4.02. The number of carbonyl (C=O) groups excluding carboxylic acids is 1. The summed E-state index contributed by atoms with van der Waals surface area (Å²) in [6.07, 6.45) is 1.11. The highest BCUT2D eigenvalue weighted by Crippen LogP contribution is 2.39. The molecule has 1 aliphatic rings. The predicted molar refractivity (Wildman–Crippen MR) is 60.9 cm³/mol. The lowest BCUT2D eigenvalue weighted by atomic mass is 10.1. The zero-order valence-corrected chi connectivity index (χ0v) is 10.4. The first kappa shape index (κ1) is 14.1. The van der Waals surface area contributed by atoms with Crippen LogP contribution in [0.3, 0.4) is 0 Å². The molecule has 1 fully saturated rings. The Bertz CT molecular complexity index is 375. The summed E-state index contributed by atoms with van der Waals surface area (Å²) in [6.45, 7) is 1.52. The fourth-order valence-electron chi connectivity index (χ4n) is 1.58. The van der Waals surface area contributed by atoms with E-state index in [2.05, 4.69) is 5.09 Å². The van der Waals surface area contributed by atoms with Crippen molar-refractivity contribution in [3.8, 4) is 0 Å². The van der Waals surface area contributed by atoms with E-state index in [0.717, 1.165) is 4.67 Å². The molecule has 98 valence electrons. The number of carboxylic acid groups (broad SMARTS) is 1. The first-order chi connectivity index (χ1) is 7.75. The zero-order valence-electron chi connectivity index (χ0n) is 9.50. The van der Waals surface area contributed by atoms with E-state index >= 15 is 0 Å². The van der Waals surface area contributed by atoms with Crippen molar-refractivity contribution >= 4 is 19.5 Å². The van der Waals surface area contributed by atoms with Gasteiger partial charge in [-0.2, -0.15) is 0 Å². The molecule has 0 bridgehead atoms. The zero-order chi connectivity index (χ0) is 13.2. The largest absolute Gasteiger partial charge is 0.480 e. The van der Waals surface area contributed by atoms with Crippen LogP contribution in [0.5, 0.6) is 0 Å². The van der Waals surface area contributed by atoms with Crippen molar-refractivity contribution in [2.75, 3.05) is 6.54 Å². The normalized spacial score (nSPS) is 26.4. The summed E-state index contributed by atoms with van der Waals surface area (Å²) in [7, 11) is -3.70. The van der Waals surface area contributed by atoms with E-state index in [1.54, 1.807) is 0 Å². The smallest absolute Gasteiger partial charge is 0.320 e. The van der Waals surface area contributed by atoms with E-state index in [-0.39, 0.29) is 6.54 Å². The molecule has 0 radical (unpaired) electrons. The third-order valence-corrected chi connectivity index (χ3v) is 4.44. The number of nitrogens with one attached hydrogen (secondary N) is 1. The fraction of sp³-hybridized carbons (Fsp3) is 0.750. The van der Waals surface area contributed by atoms with E-state index in [9.17, 15) is 14.2 Å². The van der Waals surface area contributed by atoms with E-state index in [0.29, 0.717) is 12.8 Å². The van der Waals surface area contributed by atoms with Crippen LogP contribution in [0.25, 0.3) is 0 Å². The maximum absolute atomic E-state index is 12.1. The first-order valence-corrected chi connectivity index (χ1v) is 6.95. The molecule has 1 rings (SSSR count). The molecule has 1 amide bonds. The lowest BCUT2D eigenvalue weighted by Gasteiger charge is -2.35. The SMILES string of the molecule is CC(NP(N)(=O)N1CCC[C@H](N)C1=O)C(=O)O. The van der Waals surface area contributed by atoms with Crippen LogP contribution >= 0.6 is 7.59 Å². The van der Waals surface area contributed by atoms with Crippen molar-refractivity contribution in [1.29, 1.82) is 0 Å². The molecule has 0 aromatic carbocycles. The van der Waals surface area contributed by atoms with Gasteiger partial charge in [-0.3, -0.25) is 24.3 Å². The molecule has 1 saturated heterocycles. The monoisotopic (exact) mass is 264 g/mol. The van der Waals surface area contributed by atoms with Gasteiger partial charge < -0.3 is 10.8 Å². The summed E-state index contributed by atoms with van der Waals surface area (Å²) in [4.78, 5) is 22.3. The van der Waals surface area contributed by atoms with Crippen LogP contribution < -0.4 is 16.3 Å². The number of nitrogens with two attached hydrogens (primary N) is 2. The molecular formula is C8H17N4O4P. The number of carboxylic acids is 1. The van der Waals surface area contributed by atoms with Crippen LogP contribution in [0, 0.1) is 0 Å². The van der Waals surface area contributed by atoms with Crippen molar-refractivity contribution in [3.63, 3.8) is 0 Å². The minimum Gasteiger partial charge on any atom is -0.480 e. The number of aliphatic carboxylic acids is 1. The number of piperidine rings is 1. The summed E-state index contributed by atoms with van der Waals surface area (Å²) in [6, 6.07) is -1.82. The highest BCUT2D eigenvalue weighted by atomic mass is 31.2. The number of nitrogens with zero attached hydrogens (tertiary/aromatic N) is 1. The van der Waals surface area contributed by atoms with Crippen LogP contribution in [-0.2, 0) is 14.2 Å². The second-order valence-corrected chi connectivity index (χ2v) is 6.01. The van der Waals surface area contributed by atoms with Crippen molar-refractivity contribution in [1.82, 2.24) is 9.76 Å². The van der Waals surface area contributed by atoms with E-state index < -0.39 is 31.6 Å². The Hall–Kier alpha value is -0.950. The maximum atomic E-state index is 12.1. The Morgan fingerprint density at radius 3 is 2.82 bits per heavy atom. The summed E-state index contributed by atoms with van der Waals surface area (Å²) in [5.41, 5.74) is 11.1. The van der Waals surface area contributed by atoms with Crippen molar-refractivity contribution in [3.05, 3.63) is 0 Å². The van der Waals surface area contributed by atoms with Gasteiger partial charge in [-0.1, -0.05) is 0 Å². The molecule has 3 atom stereocenters. The minimum absolute atomic E-state index is 0.222. The van der Waals surface area contributed by atoms with Gasteiger partial charge in [0, 0.05) is 6.54 Å². The molecule has 0 aliphatic carbocycles. The molecule has 1 heterocycles. The molecule has 8 nitrogen and oxygen atoms in total. The average molecular weight is 264 g/mol. The quantitative estimate of drug-likeness (QED) is 0.481. The third kappa shape index (κ3) is 3.26. The van der Waals surface area contributed by atoms with Gasteiger partial charge in [0.25, 0.3) is 0 Å². The molecule has 0 aromatic heterocycles. The molecule has 17 heavy (non-hydrogen) atoms. The number of amides is 1. The van der Waals surface area contributed by atoms with Crippen LogP contribution in [0.15, 0.2) is 0 Å². The molecule has 2 unspecified atom stereocenters. The van der Waals surface area contributed by atoms with E-state index in [1.165, 1.54) is 6.92 Å². The highest BCUT2D eigenvalue weighted by molar-refractivity contribution is 7.57. The summed E-state index contributed by atoms with van der Waals surface area (Å²) in [5.74, 6) is -1.70. The molecule has 0 spiro atoms. The Labute approximate surface area is 98.9 Å². The number of rotatable bonds is 4. The topological polar surface area (TPSA) is 139 Å². The van der Waals surface area contributed by atoms with E-state index in [1.807, 2.05) is 0 Å². The Balaban J connectivity index is 2.79. The number of hydrogen-bond donors (Lipinski definition) is 4. The van der Waals surface area contributed by atoms with Crippen molar-refractivity contribution < 1.29 is 19.3 Å². The van der Waals surface area contributed by atoms with Gasteiger partial charge in [-0.25, -0.2) is 5.09 Å². The van der Waals surface area contributed by atoms with Gasteiger partial charge in [0.2, 0.25) is 5.91 Å². The lowest BCUT2D eigenvalue weighted by Crippen LogP contribution is -2.51. The van der Waals surface area contributed by atoms with Crippen LogP contribution in [0.4, 0.5) is 0 Å². The molecule has 0 saturated carbocycles. The lowest BCUT2D eigenvalue weighted by molar-refractivity contribution is -0.138. The molecule has 6 N–H and O–H groups in total. The fourth-order valence-corrected chi connectivity index (χ4v) is 3.27. The van der Waals surface area contributed by atoms with Gasteiger partial charge in [0.1, 0.15) is 6.04 Å². The third-order valence-electron chi connectivity index (χ3n) is 2.56. The molecule has 0 aromatic rings. The molecule has 9 heteroatoms. The van der Waals surface area contributed by atoms with Crippen LogP contribution in [0.2, 0.25) is 0 Å². The van der Waals surface area contributed by atoms with Crippen LogP contribution in [0.1, 0.15) is 19.8 Å². The average Bonchev–Trinajstić information content (AvgIpc) is 2.21. The molecular weight excluding hydrogens is 247 g/mol. The number of carbonyl (C=O) groups is 2. The van der Waals surface area contributed by atoms with Gasteiger partial charge in [0.15, 0.2) is 0 Å². The first-order valence-electron chi connectivity index (χ1n) is 5.22. The van der Waals surface area contributed by atoms with Crippen molar-refractivity contribution in [2.24, 2.45) is 11.2 Å². The second kappa shape index (κ2) is 5.14.